The van der Waals surface area contributed by atoms with Crippen LogP contribution in [0.4, 0.5) is 26.3 Å². The molecule has 0 bridgehead atoms. The molecule has 0 spiro atoms. The zero-order chi connectivity index (χ0) is 29.8. The Kier molecular flexibility index (Phi) is 9.38. The molecule has 0 radical (unpaired) electrons. The smallest absolute Gasteiger partial charge is 0.333 e. The molecular formula is C30H32F6N4O. The Morgan fingerprint density at radius 1 is 0.878 bits per heavy atom. The first kappa shape index (κ1) is 30.5. The van der Waals surface area contributed by atoms with Crippen LogP contribution in [0, 0.1) is 13.8 Å². The van der Waals surface area contributed by atoms with Gasteiger partial charge in [0, 0.05) is 63.3 Å². The van der Waals surface area contributed by atoms with Gasteiger partial charge in [0.25, 0.3) is 5.91 Å². The van der Waals surface area contributed by atoms with E-state index in [2.05, 4.69) is 15.2 Å². The van der Waals surface area contributed by atoms with E-state index in [4.69, 9.17) is 0 Å². The Hall–Kier alpha value is -3.44. The number of pyridine rings is 1. The zero-order valence-electron chi connectivity index (χ0n) is 22.8. The second-order valence-electron chi connectivity index (χ2n) is 10.4. The highest BCUT2D eigenvalue weighted by Crippen LogP contribution is 2.37. The number of halogens is 6. The van der Waals surface area contributed by atoms with Crippen molar-refractivity contribution in [1.82, 2.24) is 20.1 Å². The molecule has 1 amide bonds. The number of piperazine rings is 1. The number of hydrogen-bond acceptors (Lipinski definition) is 4. The van der Waals surface area contributed by atoms with Crippen molar-refractivity contribution in [3.63, 3.8) is 0 Å². The lowest BCUT2D eigenvalue weighted by molar-refractivity contribution is -0.143. The highest BCUT2D eigenvalue weighted by Gasteiger charge is 2.39. The van der Waals surface area contributed by atoms with E-state index < -0.39 is 41.0 Å². The largest absolute Gasteiger partial charge is 0.416 e. The summed E-state index contributed by atoms with van der Waals surface area (Å²) in [5.41, 5.74) is 0.554. The third-order valence-electron chi connectivity index (χ3n) is 7.39. The Morgan fingerprint density at radius 2 is 1.54 bits per heavy atom. The van der Waals surface area contributed by atoms with Crippen LogP contribution < -0.4 is 5.32 Å². The van der Waals surface area contributed by atoms with E-state index >= 15 is 0 Å². The van der Waals surface area contributed by atoms with Crippen molar-refractivity contribution in [2.75, 3.05) is 32.7 Å². The fourth-order valence-corrected chi connectivity index (χ4v) is 4.98. The van der Waals surface area contributed by atoms with Gasteiger partial charge in [-0.15, -0.1) is 0 Å². The maximum atomic E-state index is 13.6. The van der Waals surface area contributed by atoms with Crippen molar-refractivity contribution in [2.24, 2.45) is 0 Å². The fourth-order valence-electron chi connectivity index (χ4n) is 4.98. The lowest BCUT2D eigenvalue weighted by Crippen LogP contribution is -2.56. The molecule has 0 aliphatic carbocycles. The number of alkyl halides is 6. The van der Waals surface area contributed by atoms with Gasteiger partial charge in [-0.1, -0.05) is 18.2 Å². The number of aromatic nitrogens is 1. The number of carbonyl (C=O) groups excluding carboxylic acids is 1. The summed E-state index contributed by atoms with van der Waals surface area (Å²) in [4.78, 5) is 21.1. The Bertz CT molecular complexity index is 1310. The van der Waals surface area contributed by atoms with Crippen LogP contribution in [0.3, 0.4) is 0 Å². The first-order valence-corrected chi connectivity index (χ1v) is 13.3. The minimum Gasteiger partial charge on any atom is -0.333 e. The van der Waals surface area contributed by atoms with Crippen LogP contribution in [-0.2, 0) is 25.3 Å². The van der Waals surface area contributed by atoms with Crippen molar-refractivity contribution >= 4 is 5.91 Å². The lowest BCUT2D eigenvalue weighted by atomic mass is 9.97. The number of nitrogens with zero attached hydrogens (tertiary/aromatic N) is 3. The van der Waals surface area contributed by atoms with Gasteiger partial charge in [-0.3, -0.25) is 14.7 Å². The quantitative estimate of drug-likeness (QED) is 0.267. The Labute approximate surface area is 235 Å². The van der Waals surface area contributed by atoms with Gasteiger partial charge in [-0.05, 0) is 72.9 Å². The summed E-state index contributed by atoms with van der Waals surface area (Å²) < 4.78 is 80.9. The number of nitrogens with one attached hydrogen (secondary N) is 1. The van der Waals surface area contributed by atoms with Crippen LogP contribution in [0.25, 0.3) is 0 Å². The molecule has 0 saturated carbocycles. The molecule has 4 rings (SSSR count). The van der Waals surface area contributed by atoms with Crippen LogP contribution in [0.1, 0.15) is 43.7 Å². The average molecular weight is 579 g/mol. The standard InChI is InChI=1S/C30H32F6N4O/c1-20-3-4-23(13-21(20)2)14-27-19-39(10-9-38-18-22-5-7-37-8-6-22)11-12-40(27)28(41)24-15-25(29(31,32)33)17-26(16-24)30(34,35)36/h3-8,13,15-17,27,38H,9-12,14,18-19H2,1-2H3/t27-/m1/s1. The van der Waals surface area contributed by atoms with E-state index in [0.29, 0.717) is 51.3 Å². The Morgan fingerprint density at radius 3 is 2.15 bits per heavy atom. The predicted octanol–water partition coefficient (Wildman–Crippen LogP) is 5.89. The second-order valence-corrected chi connectivity index (χ2v) is 10.4. The molecule has 1 saturated heterocycles. The lowest BCUT2D eigenvalue weighted by Gasteiger charge is -2.42. The topological polar surface area (TPSA) is 48.5 Å². The third-order valence-corrected chi connectivity index (χ3v) is 7.39. The summed E-state index contributed by atoms with van der Waals surface area (Å²) in [6, 6.07) is 10.3. The van der Waals surface area contributed by atoms with Crippen LogP contribution in [0.15, 0.2) is 60.9 Å². The number of amides is 1. The van der Waals surface area contributed by atoms with Crippen molar-refractivity contribution in [1.29, 1.82) is 0 Å². The van der Waals surface area contributed by atoms with Gasteiger partial charge >= 0.3 is 12.4 Å². The zero-order valence-corrected chi connectivity index (χ0v) is 22.8. The average Bonchev–Trinajstić information content (AvgIpc) is 2.92. The number of benzene rings is 2. The summed E-state index contributed by atoms with van der Waals surface area (Å²) in [6.45, 7) is 6.97. The van der Waals surface area contributed by atoms with E-state index in [1.54, 1.807) is 12.4 Å². The summed E-state index contributed by atoms with van der Waals surface area (Å²) in [6.07, 6.45) is -6.22. The summed E-state index contributed by atoms with van der Waals surface area (Å²) in [5.74, 6) is -0.842. The van der Waals surface area contributed by atoms with Gasteiger partial charge in [0.05, 0.1) is 11.1 Å². The first-order valence-electron chi connectivity index (χ1n) is 13.3. The molecule has 1 atom stereocenters. The molecule has 1 fully saturated rings. The second kappa shape index (κ2) is 12.6. The highest BCUT2D eigenvalue weighted by atomic mass is 19.4. The summed E-state index contributed by atoms with van der Waals surface area (Å²) >= 11 is 0. The summed E-state index contributed by atoms with van der Waals surface area (Å²) in [5, 5.41) is 3.36. The van der Waals surface area contributed by atoms with Gasteiger partial charge in [0.15, 0.2) is 0 Å². The first-order chi connectivity index (χ1) is 19.3. The molecule has 220 valence electrons. The number of carbonyl (C=O) groups is 1. The van der Waals surface area contributed by atoms with E-state index in [0.717, 1.165) is 22.3 Å². The normalized spacial score (nSPS) is 16.7. The van der Waals surface area contributed by atoms with Gasteiger partial charge in [-0.25, -0.2) is 0 Å². The maximum absolute atomic E-state index is 13.6. The Balaban J connectivity index is 1.55. The van der Waals surface area contributed by atoms with E-state index in [1.807, 2.05) is 44.2 Å². The molecule has 3 aromatic rings. The monoisotopic (exact) mass is 578 g/mol. The molecule has 5 nitrogen and oxygen atoms in total. The molecular weight excluding hydrogens is 546 g/mol. The van der Waals surface area contributed by atoms with Crippen LogP contribution in [-0.4, -0.2) is 59.5 Å². The van der Waals surface area contributed by atoms with E-state index in [-0.39, 0.29) is 12.6 Å². The van der Waals surface area contributed by atoms with Gasteiger partial charge in [-0.2, -0.15) is 26.3 Å². The van der Waals surface area contributed by atoms with Gasteiger partial charge < -0.3 is 10.2 Å². The molecule has 41 heavy (non-hydrogen) atoms. The van der Waals surface area contributed by atoms with Gasteiger partial charge in [0.2, 0.25) is 0 Å². The number of rotatable bonds is 8. The van der Waals surface area contributed by atoms with Crippen LogP contribution in [0.2, 0.25) is 0 Å². The molecule has 1 aliphatic heterocycles. The number of hydrogen-bond donors (Lipinski definition) is 1. The molecule has 1 aromatic heterocycles. The van der Waals surface area contributed by atoms with Crippen molar-refractivity contribution in [3.8, 4) is 0 Å². The highest BCUT2D eigenvalue weighted by molar-refractivity contribution is 5.95. The van der Waals surface area contributed by atoms with E-state index in [1.165, 1.54) is 4.90 Å². The van der Waals surface area contributed by atoms with Crippen molar-refractivity contribution < 1.29 is 31.1 Å². The molecule has 1 N–H and O–H groups in total. The predicted molar refractivity (Wildman–Crippen MR) is 143 cm³/mol. The minimum absolute atomic E-state index is 0.0419. The van der Waals surface area contributed by atoms with E-state index in [9.17, 15) is 31.1 Å². The molecule has 1 aliphatic rings. The van der Waals surface area contributed by atoms with Gasteiger partial charge in [0.1, 0.15) is 0 Å². The molecule has 11 heteroatoms. The maximum Gasteiger partial charge on any atom is 0.416 e. The van der Waals surface area contributed by atoms with Crippen LogP contribution in [0.5, 0.6) is 0 Å². The molecule has 0 unspecified atom stereocenters. The van der Waals surface area contributed by atoms with Crippen molar-refractivity contribution in [3.05, 3.63) is 99.9 Å². The third kappa shape index (κ3) is 8.07. The van der Waals surface area contributed by atoms with Crippen molar-refractivity contribution in [2.45, 2.75) is 45.2 Å². The SMILES string of the molecule is Cc1ccc(C[C@@H]2CN(CCNCc3ccncc3)CCN2C(=O)c2cc(C(F)(F)F)cc(C(F)(F)F)c2)cc1C. The molecule has 2 aromatic carbocycles. The fraction of sp³-hybridized carbons (Fsp3) is 0.400. The summed E-state index contributed by atoms with van der Waals surface area (Å²) in [7, 11) is 0. The minimum atomic E-state index is -5.03. The molecule has 2 heterocycles. The number of aryl methyl sites for hydroxylation is 2. The van der Waals surface area contributed by atoms with Crippen LogP contribution >= 0.6 is 0 Å².